The van der Waals surface area contributed by atoms with E-state index in [0.29, 0.717) is 0 Å². The second kappa shape index (κ2) is 4.34. The van der Waals surface area contributed by atoms with E-state index < -0.39 is 0 Å². The molecule has 1 aliphatic carbocycles. The molecule has 1 unspecified atom stereocenters. The van der Waals surface area contributed by atoms with Crippen LogP contribution in [0.4, 0.5) is 5.69 Å². The number of aryl methyl sites for hydroxylation is 1. The number of nitrogens with zero attached hydrogens (tertiary/aromatic N) is 1. The van der Waals surface area contributed by atoms with Gasteiger partial charge in [0, 0.05) is 5.69 Å². The van der Waals surface area contributed by atoms with Crippen molar-refractivity contribution in [3.63, 3.8) is 0 Å². The van der Waals surface area contributed by atoms with Crippen molar-refractivity contribution in [1.29, 1.82) is 0 Å². The molecule has 0 radical (unpaired) electrons. The van der Waals surface area contributed by atoms with Crippen LogP contribution in [0, 0.1) is 5.92 Å². The molecule has 0 bridgehead atoms. The van der Waals surface area contributed by atoms with Crippen LogP contribution in [0.1, 0.15) is 36.3 Å². The molecule has 1 aromatic rings. The van der Waals surface area contributed by atoms with Crippen molar-refractivity contribution >= 4 is 5.69 Å². The van der Waals surface area contributed by atoms with Crippen molar-refractivity contribution in [2.24, 2.45) is 5.92 Å². The van der Waals surface area contributed by atoms with E-state index in [1.54, 1.807) is 11.1 Å². The smallest absolute Gasteiger partial charge is 0.0317 e. The zero-order chi connectivity index (χ0) is 11.8. The molecule has 92 valence electrons. The van der Waals surface area contributed by atoms with Crippen molar-refractivity contribution in [3.05, 3.63) is 29.3 Å². The molecule has 0 amide bonds. The van der Waals surface area contributed by atoms with Gasteiger partial charge >= 0.3 is 0 Å². The zero-order valence-electron chi connectivity index (χ0n) is 10.7. The molecule has 2 heteroatoms. The quantitative estimate of drug-likeness (QED) is 0.751. The van der Waals surface area contributed by atoms with E-state index in [1.807, 2.05) is 0 Å². The number of nitrogens with two attached hydrogens (primary N) is 1. The fraction of sp³-hybridized carbons (Fsp3) is 0.600. The van der Waals surface area contributed by atoms with Gasteiger partial charge in [-0.05, 0) is 80.9 Å². The second-order valence-electron chi connectivity index (χ2n) is 5.74. The number of piperidine rings is 1. The number of benzene rings is 1. The third-order valence-electron chi connectivity index (χ3n) is 4.63. The highest BCUT2D eigenvalue weighted by atomic mass is 15.1. The van der Waals surface area contributed by atoms with Crippen LogP contribution in [0.2, 0.25) is 0 Å². The second-order valence-corrected chi connectivity index (χ2v) is 5.74. The highest BCUT2D eigenvalue weighted by Crippen LogP contribution is 2.42. The molecule has 3 rings (SSSR count). The molecule has 0 aromatic heterocycles. The van der Waals surface area contributed by atoms with Gasteiger partial charge in [0.25, 0.3) is 0 Å². The summed E-state index contributed by atoms with van der Waals surface area (Å²) in [5, 5.41) is 0. The molecule has 1 aromatic carbocycles. The minimum Gasteiger partial charge on any atom is -0.399 e. The van der Waals surface area contributed by atoms with Gasteiger partial charge in [0.1, 0.15) is 0 Å². The van der Waals surface area contributed by atoms with Crippen LogP contribution >= 0.6 is 0 Å². The highest BCUT2D eigenvalue weighted by Gasteiger charge is 2.31. The summed E-state index contributed by atoms with van der Waals surface area (Å²) in [5.74, 6) is 1.66. The van der Waals surface area contributed by atoms with Crippen molar-refractivity contribution < 1.29 is 0 Å². The SMILES string of the molecule is CN1CCC(C2CCc3ccc(N)cc32)CC1. The first-order chi connectivity index (χ1) is 8.24. The molecule has 17 heavy (non-hydrogen) atoms. The molecular weight excluding hydrogens is 208 g/mol. The van der Waals surface area contributed by atoms with Crippen LogP contribution in [-0.4, -0.2) is 25.0 Å². The number of likely N-dealkylation sites (tertiary alicyclic amines) is 1. The Kier molecular flexibility index (Phi) is 2.83. The monoisotopic (exact) mass is 230 g/mol. The summed E-state index contributed by atoms with van der Waals surface area (Å²) in [6.45, 7) is 2.53. The van der Waals surface area contributed by atoms with Gasteiger partial charge in [-0.1, -0.05) is 6.07 Å². The predicted octanol–water partition coefficient (Wildman–Crippen LogP) is 2.64. The number of anilines is 1. The maximum absolute atomic E-state index is 5.94. The number of hydrogen-bond acceptors (Lipinski definition) is 2. The minimum atomic E-state index is 0.780. The van der Waals surface area contributed by atoms with E-state index in [1.165, 1.54) is 38.8 Å². The molecule has 1 fully saturated rings. The Morgan fingerprint density at radius 2 is 1.94 bits per heavy atom. The molecular formula is C15H22N2. The van der Waals surface area contributed by atoms with Gasteiger partial charge in [-0.15, -0.1) is 0 Å². The topological polar surface area (TPSA) is 29.3 Å². The molecule has 2 aliphatic rings. The lowest BCUT2D eigenvalue weighted by molar-refractivity contribution is 0.197. The standard InChI is InChI=1S/C15H22N2/c1-17-8-6-12(7-9-17)14-5-3-11-2-4-13(16)10-15(11)14/h2,4,10,12,14H,3,5-9,16H2,1H3. The number of hydrogen-bond donors (Lipinski definition) is 1. The van der Waals surface area contributed by atoms with Crippen molar-refractivity contribution in [1.82, 2.24) is 4.90 Å². The van der Waals surface area contributed by atoms with Gasteiger partial charge in [-0.25, -0.2) is 0 Å². The average Bonchev–Trinajstić information content (AvgIpc) is 2.73. The first-order valence-electron chi connectivity index (χ1n) is 6.81. The number of fused-ring (bicyclic) bond motifs is 1. The van der Waals surface area contributed by atoms with E-state index in [2.05, 4.69) is 30.1 Å². The number of rotatable bonds is 1. The Balaban J connectivity index is 1.81. The number of nitrogen functional groups attached to an aromatic ring is 1. The summed E-state index contributed by atoms with van der Waals surface area (Å²) in [5.41, 5.74) is 9.97. The lowest BCUT2D eigenvalue weighted by Crippen LogP contribution is -2.32. The first-order valence-corrected chi connectivity index (χ1v) is 6.81. The molecule has 1 saturated heterocycles. The first kappa shape index (κ1) is 11.1. The Labute approximate surface area is 104 Å². The summed E-state index contributed by atoms with van der Waals surface area (Å²) in [6.07, 6.45) is 5.31. The molecule has 2 N–H and O–H groups in total. The molecule has 0 spiro atoms. The summed E-state index contributed by atoms with van der Waals surface area (Å²) in [7, 11) is 2.23. The third kappa shape index (κ3) is 2.06. The lowest BCUT2D eigenvalue weighted by Gasteiger charge is -2.33. The van der Waals surface area contributed by atoms with Crippen LogP contribution in [-0.2, 0) is 6.42 Å². The van der Waals surface area contributed by atoms with Gasteiger partial charge in [-0.2, -0.15) is 0 Å². The normalized spacial score (nSPS) is 26.1. The Morgan fingerprint density at radius 3 is 2.71 bits per heavy atom. The van der Waals surface area contributed by atoms with E-state index in [9.17, 15) is 0 Å². The van der Waals surface area contributed by atoms with Crippen molar-refractivity contribution in [3.8, 4) is 0 Å². The van der Waals surface area contributed by atoms with Crippen LogP contribution in [0.25, 0.3) is 0 Å². The van der Waals surface area contributed by atoms with Crippen LogP contribution in [0.3, 0.4) is 0 Å². The minimum absolute atomic E-state index is 0.780. The molecule has 0 saturated carbocycles. The zero-order valence-corrected chi connectivity index (χ0v) is 10.7. The van der Waals surface area contributed by atoms with E-state index >= 15 is 0 Å². The van der Waals surface area contributed by atoms with Crippen LogP contribution < -0.4 is 5.73 Å². The highest BCUT2D eigenvalue weighted by molar-refractivity contribution is 5.48. The third-order valence-corrected chi connectivity index (χ3v) is 4.63. The fourth-order valence-corrected chi connectivity index (χ4v) is 3.57. The van der Waals surface area contributed by atoms with Gasteiger partial charge < -0.3 is 10.6 Å². The summed E-state index contributed by atoms with van der Waals surface area (Å²) < 4.78 is 0. The fourth-order valence-electron chi connectivity index (χ4n) is 3.57. The van der Waals surface area contributed by atoms with Crippen molar-refractivity contribution in [2.45, 2.75) is 31.6 Å². The van der Waals surface area contributed by atoms with Gasteiger partial charge in [0.15, 0.2) is 0 Å². The molecule has 1 atom stereocenters. The van der Waals surface area contributed by atoms with Gasteiger partial charge in [-0.3, -0.25) is 0 Å². The van der Waals surface area contributed by atoms with E-state index in [4.69, 9.17) is 5.73 Å². The van der Waals surface area contributed by atoms with E-state index in [-0.39, 0.29) is 0 Å². The Morgan fingerprint density at radius 1 is 1.18 bits per heavy atom. The summed E-state index contributed by atoms with van der Waals surface area (Å²) in [4.78, 5) is 2.45. The van der Waals surface area contributed by atoms with Crippen molar-refractivity contribution in [2.75, 3.05) is 25.9 Å². The Hall–Kier alpha value is -1.02. The van der Waals surface area contributed by atoms with Gasteiger partial charge in [0.05, 0.1) is 0 Å². The summed E-state index contributed by atoms with van der Waals surface area (Å²) >= 11 is 0. The maximum Gasteiger partial charge on any atom is 0.0317 e. The molecule has 1 aliphatic heterocycles. The Bertz CT molecular complexity index is 405. The van der Waals surface area contributed by atoms with E-state index in [0.717, 1.165) is 17.5 Å². The lowest BCUT2D eigenvalue weighted by atomic mass is 9.81. The van der Waals surface area contributed by atoms with Gasteiger partial charge in [0.2, 0.25) is 0 Å². The summed E-state index contributed by atoms with van der Waals surface area (Å²) in [6, 6.07) is 6.51. The average molecular weight is 230 g/mol. The molecule has 2 nitrogen and oxygen atoms in total. The van der Waals surface area contributed by atoms with Crippen LogP contribution in [0.5, 0.6) is 0 Å². The van der Waals surface area contributed by atoms with Crippen LogP contribution in [0.15, 0.2) is 18.2 Å². The molecule has 1 heterocycles. The predicted molar refractivity (Wildman–Crippen MR) is 72.1 cm³/mol. The largest absolute Gasteiger partial charge is 0.399 e. The maximum atomic E-state index is 5.94.